The van der Waals surface area contributed by atoms with Crippen molar-refractivity contribution in [3.8, 4) is 11.1 Å². The maximum atomic E-state index is 13.2. The van der Waals surface area contributed by atoms with Gasteiger partial charge in [-0.3, -0.25) is 14.5 Å². The zero-order valence-electron chi connectivity index (χ0n) is 23.8. The molecule has 42 heavy (non-hydrogen) atoms. The lowest BCUT2D eigenvalue weighted by molar-refractivity contribution is -0.117. The van der Waals surface area contributed by atoms with Crippen molar-refractivity contribution in [1.29, 1.82) is 0 Å². The number of aromatic nitrogens is 1. The van der Waals surface area contributed by atoms with E-state index in [2.05, 4.69) is 31.9 Å². The number of hydrogen-bond acceptors (Lipinski definition) is 7. The van der Waals surface area contributed by atoms with Gasteiger partial charge < -0.3 is 29.3 Å². The van der Waals surface area contributed by atoms with Crippen LogP contribution in [0.15, 0.2) is 69.9 Å². The summed E-state index contributed by atoms with van der Waals surface area (Å²) in [6.45, 7) is 10.00. The summed E-state index contributed by atoms with van der Waals surface area (Å²) < 4.78 is 12.0. The molecule has 0 radical (unpaired) electrons. The van der Waals surface area contributed by atoms with E-state index >= 15 is 0 Å². The number of rotatable bonds is 6. The van der Waals surface area contributed by atoms with E-state index in [-0.39, 0.29) is 11.3 Å². The van der Waals surface area contributed by atoms with Crippen LogP contribution in [0.2, 0.25) is 0 Å². The molecule has 2 aliphatic rings. The summed E-state index contributed by atoms with van der Waals surface area (Å²) in [5.41, 5.74) is 4.60. The number of piperazine rings is 1. The molecule has 3 aromatic carbocycles. The number of para-hydroxylation sites is 2. The van der Waals surface area contributed by atoms with Gasteiger partial charge in [0.05, 0.1) is 36.3 Å². The second-order valence-corrected chi connectivity index (χ2v) is 11.1. The summed E-state index contributed by atoms with van der Waals surface area (Å²) in [5.74, 6) is 0.747. The van der Waals surface area contributed by atoms with Gasteiger partial charge in [0.2, 0.25) is 5.91 Å². The van der Waals surface area contributed by atoms with Crippen LogP contribution in [-0.2, 0) is 9.53 Å². The summed E-state index contributed by atoms with van der Waals surface area (Å²) in [5, 5.41) is 5.59. The van der Waals surface area contributed by atoms with Crippen molar-refractivity contribution >= 4 is 50.3 Å². The lowest BCUT2D eigenvalue weighted by Crippen LogP contribution is -2.48. The van der Waals surface area contributed by atoms with Crippen LogP contribution in [0.1, 0.15) is 6.92 Å². The minimum absolute atomic E-state index is 0.0309. The molecule has 9 nitrogen and oxygen atoms in total. The Bertz CT molecular complexity index is 1830. The maximum Gasteiger partial charge on any atom is 0.238 e. The number of fused-ring (bicyclic) bond motifs is 4. The number of furan rings is 1. The second-order valence-electron chi connectivity index (χ2n) is 11.1. The number of pyridine rings is 1. The fraction of sp³-hybridized carbons (Fsp3) is 0.333. The largest absolute Gasteiger partial charge is 0.455 e. The average Bonchev–Trinajstić information content (AvgIpc) is 3.42. The highest BCUT2D eigenvalue weighted by atomic mass is 16.5. The second kappa shape index (κ2) is 11.2. The van der Waals surface area contributed by atoms with Crippen LogP contribution in [-0.4, -0.2) is 86.3 Å². The molecule has 0 unspecified atom stereocenters. The van der Waals surface area contributed by atoms with Crippen molar-refractivity contribution in [2.24, 2.45) is 0 Å². The zero-order valence-corrected chi connectivity index (χ0v) is 23.8. The summed E-state index contributed by atoms with van der Waals surface area (Å²) in [4.78, 5) is 36.8. The average molecular weight is 566 g/mol. The number of amides is 1. The van der Waals surface area contributed by atoms with Gasteiger partial charge in [0.15, 0.2) is 5.43 Å². The first kappa shape index (κ1) is 26.7. The van der Waals surface area contributed by atoms with Crippen LogP contribution in [0.25, 0.3) is 44.0 Å². The van der Waals surface area contributed by atoms with E-state index in [1.807, 2.05) is 54.6 Å². The number of anilines is 2. The first-order valence-corrected chi connectivity index (χ1v) is 14.8. The molecule has 2 aromatic heterocycles. The van der Waals surface area contributed by atoms with E-state index in [9.17, 15) is 9.59 Å². The third-order valence-electron chi connectivity index (χ3n) is 8.57. The zero-order chi connectivity index (χ0) is 28.6. The Hall–Kier alpha value is -4.18. The van der Waals surface area contributed by atoms with Gasteiger partial charge in [-0.15, -0.1) is 0 Å². The van der Waals surface area contributed by atoms with E-state index in [1.165, 1.54) is 0 Å². The van der Waals surface area contributed by atoms with E-state index in [0.29, 0.717) is 30.7 Å². The molecule has 0 atom stereocenters. The molecule has 4 heterocycles. The standard InChI is InChI=1S/C33H35N5O4/c1-2-36-12-14-37(15-13-36)21-30(40)34-26-11-10-23(33-31(26)25-6-3-4-9-28(25)42-33)22-7-5-8-24-27(39)20-29(35-32(22)24)38-16-18-41-19-17-38/h3-11,20H,2,12-19,21H2,1H3,(H,34,40)(H,35,39). The quantitative estimate of drug-likeness (QED) is 0.313. The third-order valence-corrected chi connectivity index (χ3v) is 8.57. The van der Waals surface area contributed by atoms with Gasteiger partial charge in [0, 0.05) is 67.2 Å². The predicted octanol–water partition coefficient (Wildman–Crippen LogP) is 4.51. The minimum atomic E-state index is -0.0380. The first-order chi connectivity index (χ1) is 20.6. The van der Waals surface area contributed by atoms with Crippen LogP contribution in [0.5, 0.6) is 0 Å². The normalized spacial score (nSPS) is 16.9. The monoisotopic (exact) mass is 565 g/mol. The van der Waals surface area contributed by atoms with Crippen LogP contribution < -0.4 is 15.6 Å². The number of H-pyrrole nitrogens is 1. The smallest absolute Gasteiger partial charge is 0.238 e. The number of aromatic amines is 1. The van der Waals surface area contributed by atoms with Crippen LogP contribution in [0, 0.1) is 0 Å². The number of morpholine rings is 1. The molecule has 0 saturated carbocycles. The molecule has 2 saturated heterocycles. The maximum absolute atomic E-state index is 13.2. The molecule has 0 aliphatic carbocycles. The molecule has 7 rings (SSSR count). The lowest BCUT2D eigenvalue weighted by Gasteiger charge is -2.33. The Morgan fingerprint density at radius 1 is 0.881 bits per heavy atom. The Balaban J connectivity index is 1.30. The summed E-state index contributed by atoms with van der Waals surface area (Å²) in [7, 11) is 0. The SMILES string of the molecule is CCN1CCN(CC(=O)Nc2ccc(-c3cccc4c(=O)cc(N5CCOCC5)[nH]c34)c3oc4ccccc4c23)CC1. The fourth-order valence-electron chi connectivity index (χ4n) is 6.26. The molecule has 2 N–H and O–H groups in total. The Morgan fingerprint density at radius 3 is 2.45 bits per heavy atom. The van der Waals surface area contributed by atoms with Crippen LogP contribution in [0.4, 0.5) is 11.5 Å². The van der Waals surface area contributed by atoms with Gasteiger partial charge >= 0.3 is 0 Å². The van der Waals surface area contributed by atoms with Crippen molar-refractivity contribution in [1.82, 2.24) is 14.8 Å². The van der Waals surface area contributed by atoms with Gasteiger partial charge in [-0.25, -0.2) is 0 Å². The van der Waals surface area contributed by atoms with Gasteiger partial charge in [-0.05, 0) is 30.8 Å². The Morgan fingerprint density at radius 2 is 1.64 bits per heavy atom. The molecule has 0 bridgehead atoms. The molecular weight excluding hydrogens is 530 g/mol. The molecular formula is C33H35N5O4. The van der Waals surface area contributed by atoms with Gasteiger partial charge in [0.25, 0.3) is 0 Å². The lowest BCUT2D eigenvalue weighted by atomic mass is 9.98. The number of nitrogens with one attached hydrogen (secondary N) is 2. The number of benzene rings is 3. The molecule has 1 amide bonds. The number of nitrogens with zero attached hydrogens (tertiary/aromatic N) is 3. The van der Waals surface area contributed by atoms with Gasteiger partial charge in [-0.1, -0.05) is 37.3 Å². The first-order valence-electron chi connectivity index (χ1n) is 14.8. The molecule has 2 aliphatic heterocycles. The highest BCUT2D eigenvalue weighted by Gasteiger charge is 2.22. The third kappa shape index (κ3) is 4.93. The van der Waals surface area contributed by atoms with Crippen LogP contribution in [0.3, 0.4) is 0 Å². The van der Waals surface area contributed by atoms with Crippen LogP contribution >= 0.6 is 0 Å². The van der Waals surface area contributed by atoms with E-state index < -0.39 is 0 Å². The molecule has 0 spiro atoms. The summed E-state index contributed by atoms with van der Waals surface area (Å²) in [6, 6.07) is 19.3. The van der Waals surface area contributed by atoms with Crippen molar-refractivity contribution in [2.75, 3.05) is 75.8 Å². The summed E-state index contributed by atoms with van der Waals surface area (Å²) in [6.07, 6.45) is 0. The molecule has 216 valence electrons. The Labute approximate surface area is 243 Å². The topological polar surface area (TPSA) is 94.0 Å². The summed E-state index contributed by atoms with van der Waals surface area (Å²) >= 11 is 0. The fourth-order valence-corrected chi connectivity index (χ4v) is 6.26. The molecule has 2 fully saturated rings. The van der Waals surface area contributed by atoms with Crippen molar-refractivity contribution in [3.05, 3.63) is 70.9 Å². The number of carbonyl (C=O) groups excluding carboxylic acids is 1. The van der Waals surface area contributed by atoms with Gasteiger partial charge in [-0.2, -0.15) is 0 Å². The molecule has 9 heteroatoms. The molecule has 5 aromatic rings. The van der Waals surface area contributed by atoms with Crippen molar-refractivity contribution in [3.63, 3.8) is 0 Å². The number of ether oxygens (including phenoxy) is 1. The minimum Gasteiger partial charge on any atom is -0.455 e. The number of carbonyl (C=O) groups is 1. The van der Waals surface area contributed by atoms with Gasteiger partial charge in [0.1, 0.15) is 17.0 Å². The van der Waals surface area contributed by atoms with Crippen molar-refractivity contribution < 1.29 is 13.9 Å². The van der Waals surface area contributed by atoms with E-state index in [1.54, 1.807) is 6.07 Å². The van der Waals surface area contributed by atoms with Crippen molar-refractivity contribution in [2.45, 2.75) is 6.92 Å². The Kier molecular flexibility index (Phi) is 7.15. The number of hydrogen-bond donors (Lipinski definition) is 2. The van der Waals surface area contributed by atoms with E-state index in [4.69, 9.17) is 9.15 Å². The highest BCUT2D eigenvalue weighted by molar-refractivity contribution is 6.18. The van der Waals surface area contributed by atoms with E-state index in [0.717, 1.165) is 90.3 Å². The number of likely N-dealkylation sites (N-methyl/N-ethyl adjacent to an activating group) is 1. The highest BCUT2D eigenvalue weighted by Crippen LogP contribution is 2.41. The predicted molar refractivity (Wildman–Crippen MR) is 167 cm³/mol.